The van der Waals surface area contributed by atoms with Crippen molar-refractivity contribution < 1.29 is 9.53 Å². The molecular weight excluding hydrogens is 322 g/mol. The van der Waals surface area contributed by atoms with E-state index in [-0.39, 0.29) is 11.8 Å². The number of benzene rings is 2. The van der Waals surface area contributed by atoms with Crippen LogP contribution in [-0.2, 0) is 0 Å². The average molecular weight is 347 g/mol. The van der Waals surface area contributed by atoms with Gasteiger partial charge in [-0.15, -0.1) is 0 Å². The van der Waals surface area contributed by atoms with E-state index in [9.17, 15) is 4.79 Å². The highest BCUT2D eigenvalue weighted by atomic mass is 16.5. The van der Waals surface area contributed by atoms with Gasteiger partial charge in [-0.1, -0.05) is 49.6 Å². The monoisotopic (exact) mass is 347 g/mol. The van der Waals surface area contributed by atoms with Gasteiger partial charge in [-0.2, -0.15) is 0 Å². The smallest absolute Gasteiger partial charge is 0.191 e. The average Bonchev–Trinajstić information content (AvgIpc) is 2.95. The number of carbonyl (C=O) groups excluding carboxylic acids is 1. The maximum Gasteiger partial charge on any atom is 0.191 e. The van der Waals surface area contributed by atoms with E-state index in [0.717, 1.165) is 28.0 Å². The number of rotatable bonds is 4. The lowest BCUT2D eigenvalue weighted by Gasteiger charge is -2.27. The van der Waals surface area contributed by atoms with Crippen molar-refractivity contribution in [1.29, 1.82) is 0 Å². The third kappa shape index (κ3) is 3.32. The molecule has 3 nitrogen and oxygen atoms in total. The second-order valence-corrected chi connectivity index (χ2v) is 7.23. The normalized spacial score (nSPS) is 21.8. The summed E-state index contributed by atoms with van der Waals surface area (Å²) in [5, 5.41) is 3.78. The van der Waals surface area contributed by atoms with Crippen LogP contribution in [0.3, 0.4) is 0 Å². The molecule has 0 spiro atoms. The molecule has 1 unspecified atom stereocenters. The zero-order valence-electron chi connectivity index (χ0n) is 15.2. The molecule has 1 N–H and O–H groups in total. The predicted octanol–water partition coefficient (Wildman–Crippen LogP) is 4.94. The number of ether oxygens (including phenoxy) is 1. The van der Waals surface area contributed by atoms with Crippen molar-refractivity contribution in [1.82, 2.24) is 5.32 Å². The van der Waals surface area contributed by atoms with Crippen LogP contribution < -0.4 is 10.1 Å². The molecule has 0 saturated heterocycles. The lowest BCUT2D eigenvalue weighted by atomic mass is 9.93. The van der Waals surface area contributed by atoms with Crippen molar-refractivity contribution in [2.24, 2.45) is 0 Å². The number of methoxy groups -OCH3 is 1. The molecule has 1 saturated carbocycles. The summed E-state index contributed by atoms with van der Waals surface area (Å²) in [5.74, 6) is 0.924. The Morgan fingerprint density at radius 2 is 1.81 bits per heavy atom. The van der Waals surface area contributed by atoms with E-state index in [1.165, 1.54) is 32.1 Å². The summed E-state index contributed by atoms with van der Waals surface area (Å²) in [6, 6.07) is 16.3. The summed E-state index contributed by atoms with van der Waals surface area (Å²) in [5.41, 5.74) is 3.74. The van der Waals surface area contributed by atoms with Gasteiger partial charge in [0.05, 0.1) is 13.2 Å². The van der Waals surface area contributed by atoms with Crippen LogP contribution in [0.25, 0.3) is 6.08 Å². The van der Waals surface area contributed by atoms with Crippen molar-refractivity contribution in [2.45, 2.75) is 44.2 Å². The molecule has 4 rings (SSSR count). The van der Waals surface area contributed by atoms with Crippen molar-refractivity contribution in [3.63, 3.8) is 0 Å². The third-order valence-corrected chi connectivity index (χ3v) is 5.52. The van der Waals surface area contributed by atoms with E-state index in [2.05, 4.69) is 5.32 Å². The second kappa shape index (κ2) is 7.46. The molecule has 0 aliphatic heterocycles. The van der Waals surface area contributed by atoms with Gasteiger partial charge in [0.2, 0.25) is 0 Å². The zero-order chi connectivity index (χ0) is 17.9. The molecule has 0 heterocycles. The van der Waals surface area contributed by atoms with Gasteiger partial charge in [0, 0.05) is 17.2 Å². The molecule has 0 bridgehead atoms. The quantitative estimate of drug-likeness (QED) is 0.796. The molecular formula is C23H25NO2. The topological polar surface area (TPSA) is 38.3 Å². The number of Topliss-reactive ketones (excluding diaryl/α,β-unsaturated/α-hetero) is 1. The van der Waals surface area contributed by atoms with Crippen LogP contribution in [0.15, 0.2) is 54.1 Å². The minimum atomic E-state index is -0.0593. The largest absolute Gasteiger partial charge is 0.497 e. The molecule has 1 fully saturated rings. The first-order chi connectivity index (χ1) is 12.8. The Balaban J connectivity index is 1.73. The molecule has 2 aromatic rings. The number of carbonyl (C=O) groups is 1. The molecule has 26 heavy (non-hydrogen) atoms. The van der Waals surface area contributed by atoms with Gasteiger partial charge >= 0.3 is 0 Å². The molecule has 2 aromatic carbocycles. The fraction of sp³-hybridized carbons (Fsp3) is 0.348. The van der Waals surface area contributed by atoms with Gasteiger partial charge in [0.25, 0.3) is 0 Å². The zero-order valence-corrected chi connectivity index (χ0v) is 15.2. The first-order valence-corrected chi connectivity index (χ1v) is 9.51. The molecule has 0 aromatic heterocycles. The van der Waals surface area contributed by atoms with Gasteiger partial charge < -0.3 is 10.1 Å². The summed E-state index contributed by atoms with van der Waals surface area (Å²) in [6.45, 7) is 0. The number of nitrogens with one attached hydrogen (secondary N) is 1. The highest BCUT2D eigenvalue weighted by Crippen LogP contribution is 2.39. The Hall–Kier alpha value is -2.39. The summed E-state index contributed by atoms with van der Waals surface area (Å²) >= 11 is 0. The van der Waals surface area contributed by atoms with Crippen LogP contribution in [0.1, 0.15) is 59.6 Å². The Bertz CT molecular complexity index is 819. The van der Waals surface area contributed by atoms with Gasteiger partial charge in [-0.05, 0) is 48.2 Å². The lowest BCUT2D eigenvalue weighted by molar-refractivity contribution is 0.103. The molecule has 1 atom stereocenters. The summed E-state index contributed by atoms with van der Waals surface area (Å²) < 4.78 is 5.41. The molecule has 134 valence electrons. The maximum atomic E-state index is 13.1. The van der Waals surface area contributed by atoms with Gasteiger partial charge in [-0.25, -0.2) is 0 Å². The lowest BCUT2D eigenvalue weighted by Crippen LogP contribution is -2.34. The van der Waals surface area contributed by atoms with Crippen LogP contribution >= 0.6 is 0 Å². The van der Waals surface area contributed by atoms with Gasteiger partial charge in [0.15, 0.2) is 5.78 Å². The van der Waals surface area contributed by atoms with E-state index in [0.29, 0.717) is 6.04 Å². The summed E-state index contributed by atoms with van der Waals surface area (Å²) in [7, 11) is 1.67. The predicted molar refractivity (Wildman–Crippen MR) is 104 cm³/mol. The van der Waals surface area contributed by atoms with Gasteiger partial charge in [0.1, 0.15) is 5.75 Å². The number of hydrogen-bond donors (Lipinski definition) is 1. The molecule has 2 aliphatic carbocycles. The van der Waals surface area contributed by atoms with Crippen LogP contribution in [0.2, 0.25) is 0 Å². The third-order valence-electron chi connectivity index (χ3n) is 5.52. The maximum absolute atomic E-state index is 13.1. The minimum absolute atomic E-state index is 0.0593. The Morgan fingerprint density at radius 1 is 1.04 bits per heavy atom. The van der Waals surface area contributed by atoms with Crippen molar-refractivity contribution in [2.75, 3.05) is 7.11 Å². The van der Waals surface area contributed by atoms with Crippen molar-refractivity contribution >= 4 is 11.9 Å². The van der Waals surface area contributed by atoms with E-state index >= 15 is 0 Å². The Labute approximate surface area is 155 Å². The molecule has 0 amide bonds. The number of ketones is 1. The van der Waals surface area contributed by atoms with E-state index in [1.54, 1.807) is 7.11 Å². The number of fused-ring (bicyclic) bond motifs is 1. The Kier molecular flexibility index (Phi) is 4.89. The van der Waals surface area contributed by atoms with Crippen LogP contribution in [0.4, 0.5) is 0 Å². The molecule has 2 aliphatic rings. The van der Waals surface area contributed by atoms with Crippen LogP contribution in [0.5, 0.6) is 5.75 Å². The van der Waals surface area contributed by atoms with Crippen molar-refractivity contribution in [3.05, 3.63) is 70.8 Å². The van der Waals surface area contributed by atoms with E-state index < -0.39 is 0 Å². The minimum Gasteiger partial charge on any atom is -0.497 e. The summed E-state index contributed by atoms with van der Waals surface area (Å²) in [4.78, 5) is 13.1. The van der Waals surface area contributed by atoms with Gasteiger partial charge in [-0.3, -0.25) is 4.79 Å². The molecule has 3 heteroatoms. The highest BCUT2D eigenvalue weighted by molar-refractivity contribution is 6.16. The highest BCUT2D eigenvalue weighted by Gasteiger charge is 2.36. The van der Waals surface area contributed by atoms with Crippen LogP contribution in [0, 0.1) is 0 Å². The fourth-order valence-corrected chi connectivity index (χ4v) is 4.13. The first kappa shape index (κ1) is 17.0. The first-order valence-electron chi connectivity index (χ1n) is 9.51. The number of hydrogen-bond acceptors (Lipinski definition) is 3. The van der Waals surface area contributed by atoms with Crippen LogP contribution in [-0.4, -0.2) is 18.9 Å². The molecule has 0 radical (unpaired) electrons. The Morgan fingerprint density at radius 3 is 2.54 bits per heavy atom. The van der Waals surface area contributed by atoms with E-state index in [1.807, 2.05) is 54.6 Å². The summed E-state index contributed by atoms with van der Waals surface area (Å²) in [6.07, 6.45) is 8.25. The van der Waals surface area contributed by atoms with Crippen molar-refractivity contribution in [3.8, 4) is 5.75 Å². The SMILES string of the molecule is COc1ccc2c(c1)C(NC1CCCCC1)/C(=C\c1ccccc1)C2=O. The standard InChI is InChI=1S/C23H25NO2/c1-26-18-12-13-19-20(15-18)22(24-17-10-6-3-7-11-17)21(23(19)25)14-16-8-4-2-5-9-16/h2,4-5,8-9,12-15,17,22,24H,3,6-7,10-11H2,1H3/b21-14+. The second-order valence-electron chi connectivity index (χ2n) is 7.23. The van der Waals surface area contributed by atoms with E-state index in [4.69, 9.17) is 4.74 Å². The fourth-order valence-electron chi connectivity index (χ4n) is 4.13.